The standard InChI is InChI=1S/C27H44O5Si/c1-15-20(32-33(9,10)23(2,3)4)19-18-16(24(18,5)6)11-12-26(19,8)17-13-25(7,29)14-27(17)21(15)30-22(28)31-27/h13,15-16,18-21,29H,11-12,14H2,1-10H3/t15-,16+,18+,19+,20+,21+,25+,26+,27-/m0/s1. The van der Waals surface area contributed by atoms with Crippen molar-refractivity contribution >= 4 is 14.5 Å². The zero-order valence-electron chi connectivity index (χ0n) is 22.2. The van der Waals surface area contributed by atoms with Crippen LogP contribution in [0.4, 0.5) is 4.79 Å². The van der Waals surface area contributed by atoms with E-state index in [1.807, 2.05) is 13.0 Å². The Hall–Kier alpha value is -0.853. The van der Waals surface area contributed by atoms with Gasteiger partial charge >= 0.3 is 6.16 Å². The lowest BCUT2D eigenvalue weighted by molar-refractivity contribution is -0.0451. The molecular formula is C27H44O5Si. The summed E-state index contributed by atoms with van der Waals surface area (Å²) >= 11 is 0. The molecule has 1 N–H and O–H groups in total. The minimum atomic E-state index is -2.10. The van der Waals surface area contributed by atoms with E-state index in [-0.39, 0.29) is 27.9 Å². The van der Waals surface area contributed by atoms with Crippen LogP contribution in [0.2, 0.25) is 18.1 Å². The Bertz CT molecular complexity index is 914. The minimum Gasteiger partial charge on any atom is -0.426 e. The van der Waals surface area contributed by atoms with Gasteiger partial charge in [-0.3, -0.25) is 0 Å². The second kappa shape index (κ2) is 6.47. The molecule has 0 aromatic rings. The zero-order chi connectivity index (χ0) is 24.6. The van der Waals surface area contributed by atoms with Gasteiger partial charge in [-0.05, 0) is 78.1 Å². The quantitative estimate of drug-likeness (QED) is 0.298. The fraction of sp³-hybridized carbons (Fsp3) is 0.889. The highest BCUT2D eigenvalue weighted by atomic mass is 28.4. The molecule has 0 bridgehead atoms. The number of carbonyl (C=O) groups is 1. The largest absolute Gasteiger partial charge is 0.509 e. The average Bonchev–Trinajstić information content (AvgIpc) is 2.91. The summed E-state index contributed by atoms with van der Waals surface area (Å²) in [7, 11) is -2.10. The Kier molecular flexibility index (Phi) is 4.68. The summed E-state index contributed by atoms with van der Waals surface area (Å²) < 4.78 is 19.4. The van der Waals surface area contributed by atoms with Gasteiger partial charge in [0.2, 0.25) is 0 Å². The number of aliphatic hydroxyl groups is 1. The fourth-order valence-corrected chi connectivity index (χ4v) is 9.61. The summed E-state index contributed by atoms with van der Waals surface area (Å²) in [4.78, 5) is 12.6. The molecule has 1 aliphatic heterocycles. The van der Waals surface area contributed by atoms with Gasteiger partial charge in [-0.2, -0.15) is 0 Å². The van der Waals surface area contributed by atoms with Gasteiger partial charge < -0.3 is 19.0 Å². The monoisotopic (exact) mass is 476 g/mol. The molecule has 9 atom stereocenters. The minimum absolute atomic E-state index is 0.0155. The zero-order valence-corrected chi connectivity index (χ0v) is 23.2. The molecule has 5 aliphatic rings. The van der Waals surface area contributed by atoms with Crippen molar-refractivity contribution in [2.24, 2.45) is 34.5 Å². The molecule has 186 valence electrons. The van der Waals surface area contributed by atoms with E-state index in [0.29, 0.717) is 24.2 Å². The third-order valence-corrected chi connectivity index (χ3v) is 15.4. The molecule has 0 amide bonds. The molecule has 1 heterocycles. The summed E-state index contributed by atoms with van der Waals surface area (Å²) in [5.41, 5.74) is -0.750. The first-order chi connectivity index (χ1) is 14.9. The fourth-order valence-electron chi connectivity index (χ4n) is 8.21. The van der Waals surface area contributed by atoms with Gasteiger partial charge in [0.15, 0.2) is 20.0 Å². The van der Waals surface area contributed by atoms with Gasteiger partial charge in [-0.15, -0.1) is 0 Å². The van der Waals surface area contributed by atoms with Crippen molar-refractivity contribution in [2.75, 3.05) is 0 Å². The van der Waals surface area contributed by atoms with E-state index in [4.69, 9.17) is 13.9 Å². The first-order valence-corrected chi connectivity index (χ1v) is 15.8. The second-order valence-corrected chi connectivity index (χ2v) is 19.3. The van der Waals surface area contributed by atoms with Gasteiger partial charge in [0, 0.05) is 12.3 Å². The number of ether oxygens (including phenoxy) is 2. The van der Waals surface area contributed by atoms with Crippen LogP contribution in [-0.2, 0) is 13.9 Å². The van der Waals surface area contributed by atoms with E-state index in [1.54, 1.807) is 0 Å². The van der Waals surface area contributed by atoms with Crippen LogP contribution in [0, 0.1) is 34.5 Å². The Morgan fingerprint density at radius 1 is 1.15 bits per heavy atom. The third-order valence-electron chi connectivity index (χ3n) is 10.9. The lowest BCUT2D eigenvalue weighted by Gasteiger charge is -2.50. The van der Waals surface area contributed by atoms with Crippen molar-refractivity contribution < 1.29 is 23.8 Å². The summed E-state index contributed by atoms with van der Waals surface area (Å²) in [6.07, 6.45) is 3.51. The van der Waals surface area contributed by atoms with Crippen molar-refractivity contribution in [2.45, 2.75) is 116 Å². The summed E-state index contributed by atoms with van der Waals surface area (Å²) in [6.45, 7) is 22.8. The molecule has 3 saturated carbocycles. The van der Waals surface area contributed by atoms with Gasteiger partial charge in [-0.25, -0.2) is 4.79 Å². The van der Waals surface area contributed by atoms with Crippen molar-refractivity contribution in [3.8, 4) is 0 Å². The smallest absolute Gasteiger partial charge is 0.426 e. The summed E-state index contributed by atoms with van der Waals surface area (Å²) in [6, 6.07) is 0. The Balaban J connectivity index is 1.71. The first kappa shape index (κ1) is 23.9. The number of hydrogen-bond donors (Lipinski definition) is 1. The highest BCUT2D eigenvalue weighted by Gasteiger charge is 2.76. The first-order valence-electron chi connectivity index (χ1n) is 12.9. The number of hydrogen-bond acceptors (Lipinski definition) is 5. The molecular weight excluding hydrogens is 432 g/mol. The van der Waals surface area contributed by atoms with Crippen LogP contribution in [0.1, 0.15) is 74.7 Å². The molecule has 4 fully saturated rings. The SMILES string of the molecule is C[C@H]1[C@@H](O[Si](C)(C)C(C)(C)C)[C@H]2[C@H]3[C@@H](CC[C@]2(C)C2=C[C@@](C)(O)C[C@]24OC(=O)O[C@H]14)C3(C)C. The molecule has 5 rings (SSSR count). The van der Waals surface area contributed by atoms with E-state index in [1.165, 1.54) is 6.42 Å². The van der Waals surface area contributed by atoms with E-state index < -0.39 is 31.8 Å². The van der Waals surface area contributed by atoms with Crippen molar-refractivity contribution in [1.29, 1.82) is 0 Å². The molecule has 6 heteroatoms. The Morgan fingerprint density at radius 3 is 2.39 bits per heavy atom. The lowest BCUT2D eigenvalue weighted by atomic mass is 9.60. The van der Waals surface area contributed by atoms with Crippen LogP contribution in [-0.4, -0.2) is 43.0 Å². The van der Waals surface area contributed by atoms with Crippen LogP contribution in [0.3, 0.4) is 0 Å². The highest BCUT2D eigenvalue weighted by molar-refractivity contribution is 6.74. The maximum Gasteiger partial charge on any atom is 0.509 e. The Morgan fingerprint density at radius 2 is 1.79 bits per heavy atom. The second-order valence-electron chi connectivity index (χ2n) is 14.5. The Labute approximate surface area is 200 Å². The number of rotatable bonds is 2. The molecule has 1 spiro atoms. The van der Waals surface area contributed by atoms with Crippen LogP contribution < -0.4 is 0 Å². The third kappa shape index (κ3) is 3.05. The average molecular weight is 477 g/mol. The normalized spacial score (nSPS) is 50.2. The molecule has 33 heavy (non-hydrogen) atoms. The van der Waals surface area contributed by atoms with Gasteiger partial charge in [0.05, 0.1) is 11.7 Å². The van der Waals surface area contributed by atoms with Gasteiger partial charge in [-0.1, -0.05) is 48.5 Å². The van der Waals surface area contributed by atoms with Crippen LogP contribution in [0.25, 0.3) is 0 Å². The van der Waals surface area contributed by atoms with E-state index in [9.17, 15) is 9.90 Å². The predicted molar refractivity (Wildman–Crippen MR) is 130 cm³/mol. The van der Waals surface area contributed by atoms with Crippen molar-refractivity contribution in [3.05, 3.63) is 11.6 Å². The molecule has 5 nitrogen and oxygen atoms in total. The van der Waals surface area contributed by atoms with E-state index >= 15 is 0 Å². The number of carbonyl (C=O) groups excluding carboxylic acids is 1. The molecule has 0 radical (unpaired) electrons. The number of fused-ring (bicyclic) bond motifs is 4. The van der Waals surface area contributed by atoms with Gasteiger partial charge in [0.1, 0.15) is 0 Å². The van der Waals surface area contributed by atoms with E-state index in [0.717, 1.165) is 12.0 Å². The van der Waals surface area contributed by atoms with Crippen molar-refractivity contribution in [1.82, 2.24) is 0 Å². The predicted octanol–water partition coefficient (Wildman–Crippen LogP) is 6.07. The molecule has 4 aliphatic carbocycles. The maximum atomic E-state index is 12.6. The molecule has 1 saturated heterocycles. The maximum absolute atomic E-state index is 12.6. The summed E-state index contributed by atoms with van der Waals surface area (Å²) in [5, 5.41) is 11.3. The highest BCUT2D eigenvalue weighted by Crippen LogP contribution is 2.76. The molecule has 0 aromatic heterocycles. The van der Waals surface area contributed by atoms with E-state index in [2.05, 4.69) is 61.6 Å². The molecule has 0 unspecified atom stereocenters. The van der Waals surface area contributed by atoms with Crippen LogP contribution in [0.5, 0.6) is 0 Å². The van der Waals surface area contributed by atoms with Crippen LogP contribution in [0.15, 0.2) is 11.6 Å². The molecule has 0 aromatic carbocycles. The lowest BCUT2D eigenvalue weighted by Crippen LogP contribution is -2.53. The topological polar surface area (TPSA) is 65.0 Å². The summed E-state index contributed by atoms with van der Waals surface area (Å²) in [5.74, 6) is 1.55. The van der Waals surface area contributed by atoms with Crippen LogP contribution >= 0.6 is 0 Å². The van der Waals surface area contributed by atoms with Gasteiger partial charge in [0.25, 0.3) is 0 Å². The van der Waals surface area contributed by atoms with Crippen molar-refractivity contribution in [3.63, 3.8) is 0 Å².